The van der Waals surface area contributed by atoms with Crippen molar-refractivity contribution in [3.8, 4) is 11.1 Å². The predicted molar refractivity (Wildman–Crippen MR) is 249 cm³/mol. The molecule has 3 aromatic rings. The number of hydrogen-bond donors (Lipinski definition) is 8. The third-order valence-electron chi connectivity index (χ3n) is 10.6. The lowest BCUT2D eigenvalue weighted by atomic mass is 9.82. The first-order valence-electron chi connectivity index (χ1n) is 22.4. The van der Waals surface area contributed by atoms with Gasteiger partial charge >= 0.3 is 0 Å². The van der Waals surface area contributed by atoms with Gasteiger partial charge in [0.1, 0.15) is 49.0 Å². The van der Waals surface area contributed by atoms with Crippen LogP contribution in [0.4, 0.5) is 8.78 Å². The van der Waals surface area contributed by atoms with Crippen LogP contribution in [0.5, 0.6) is 0 Å². The number of nitrogens with two attached hydrogens (primary N) is 2. The maximum atomic E-state index is 15.3. The highest BCUT2D eigenvalue weighted by atomic mass is 19.1. The van der Waals surface area contributed by atoms with Gasteiger partial charge in [-0.25, -0.2) is 8.78 Å². The molecule has 10 N–H and O–H groups in total. The van der Waals surface area contributed by atoms with Crippen molar-refractivity contribution in [3.05, 3.63) is 83.7 Å². The average molecular weight is 972 g/mol. The molecule has 7 amide bonds. The summed E-state index contributed by atoms with van der Waals surface area (Å²) in [5.74, 6) is -7.17. The molecule has 0 bridgehead atoms. The van der Waals surface area contributed by atoms with E-state index in [0.717, 1.165) is 23.8 Å². The van der Waals surface area contributed by atoms with E-state index in [1.54, 1.807) is 16.8 Å². The maximum absolute atomic E-state index is 15.3. The number of primary amides is 1. The normalized spacial score (nSPS) is 13.5. The molecular formula is C47H67F2N9O11. The van der Waals surface area contributed by atoms with E-state index in [2.05, 4.69) is 26.6 Å². The van der Waals surface area contributed by atoms with Crippen LogP contribution in [0.2, 0.25) is 0 Å². The Balaban J connectivity index is 1.87. The number of carbonyl (C=O) groups is 7. The van der Waals surface area contributed by atoms with Crippen molar-refractivity contribution in [1.29, 1.82) is 0 Å². The lowest BCUT2D eigenvalue weighted by Gasteiger charge is -2.41. The molecule has 0 aliphatic heterocycles. The van der Waals surface area contributed by atoms with Crippen molar-refractivity contribution in [1.82, 2.24) is 36.1 Å². The molecule has 0 saturated heterocycles. The fourth-order valence-corrected chi connectivity index (χ4v) is 7.22. The first kappa shape index (κ1) is 57.0. The van der Waals surface area contributed by atoms with E-state index < -0.39 is 102 Å². The zero-order chi connectivity index (χ0) is 51.3. The fourth-order valence-electron chi connectivity index (χ4n) is 7.22. The Morgan fingerprint density at radius 3 is 2.09 bits per heavy atom. The standard InChI is InChI=1S/C47H67F2N9O11/c1-29(53-40(61)28-69-21-20-68-19-18-67-6)43(63)54-30(2)44(64)56-37(24-39(51)60)46(66)55-36(45(65)52-16-15-50)14-17-58(41(62)27-59)42(47(3,4)5)38-22-32(34-23-33(48)12-13-35(34)49)26-57(38)25-31-10-8-7-9-11-31/h7-13,22-23,26,29-30,36-37,42,59H,14-21,24-25,27-28,50H2,1-6H3,(H2,51,60)(H,52,65)(H,53,61)(H,54,63)(H,55,66)(H,56,64)/t29-,30+,36-,37-,42-/m0/s1. The molecule has 0 spiro atoms. The summed E-state index contributed by atoms with van der Waals surface area (Å²) >= 11 is 0. The minimum Gasteiger partial charge on any atom is -0.387 e. The van der Waals surface area contributed by atoms with E-state index in [4.69, 9.17) is 25.7 Å². The number of amides is 7. The molecule has 0 fully saturated rings. The van der Waals surface area contributed by atoms with Gasteiger partial charge in [-0.15, -0.1) is 0 Å². The summed E-state index contributed by atoms with van der Waals surface area (Å²) in [7, 11) is 1.53. The summed E-state index contributed by atoms with van der Waals surface area (Å²) in [4.78, 5) is 93.6. The molecule has 0 saturated carbocycles. The Morgan fingerprint density at radius 1 is 0.812 bits per heavy atom. The number of nitrogens with one attached hydrogen (secondary N) is 5. The van der Waals surface area contributed by atoms with Crippen LogP contribution in [0.15, 0.2) is 60.8 Å². The summed E-state index contributed by atoms with van der Waals surface area (Å²) in [5.41, 5.74) is 11.9. The zero-order valence-corrected chi connectivity index (χ0v) is 40.0. The monoisotopic (exact) mass is 971 g/mol. The average Bonchev–Trinajstić information content (AvgIpc) is 3.70. The van der Waals surface area contributed by atoms with E-state index in [9.17, 15) is 43.1 Å². The van der Waals surface area contributed by atoms with Gasteiger partial charge in [0, 0.05) is 56.3 Å². The summed E-state index contributed by atoms with van der Waals surface area (Å²) in [6.45, 7) is 7.90. The van der Waals surface area contributed by atoms with Gasteiger partial charge in [-0.05, 0) is 55.5 Å². The van der Waals surface area contributed by atoms with Gasteiger partial charge in [0.05, 0.1) is 38.9 Å². The van der Waals surface area contributed by atoms with Crippen LogP contribution in [0, 0.1) is 17.0 Å². The predicted octanol–water partition coefficient (Wildman–Crippen LogP) is 0.389. The van der Waals surface area contributed by atoms with E-state index in [-0.39, 0.29) is 58.0 Å². The van der Waals surface area contributed by atoms with Crippen LogP contribution < -0.4 is 38.1 Å². The van der Waals surface area contributed by atoms with Gasteiger partial charge in [-0.3, -0.25) is 33.6 Å². The van der Waals surface area contributed by atoms with Crippen molar-refractivity contribution in [3.63, 3.8) is 0 Å². The molecule has 1 aromatic heterocycles. The first-order chi connectivity index (χ1) is 32.7. The quantitative estimate of drug-likeness (QED) is 0.0439. The van der Waals surface area contributed by atoms with Crippen LogP contribution >= 0.6 is 0 Å². The smallest absolute Gasteiger partial charge is 0.248 e. The largest absolute Gasteiger partial charge is 0.387 e. The second-order valence-corrected chi connectivity index (χ2v) is 17.2. The molecule has 3 rings (SSSR count). The van der Waals surface area contributed by atoms with Crippen LogP contribution in [-0.4, -0.2) is 146 Å². The fraction of sp³-hybridized carbons (Fsp3) is 0.511. The molecule has 5 atom stereocenters. The summed E-state index contributed by atoms with van der Waals surface area (Å²) in [6, 6.07) is 7.56. The molecule has 0 aliphatic carbocycles. The first-order valence-corrected chi connectivity index (χ1v) is 22.4. The number of ether oxygens (including phenoxy) is 3. The third-order valence-corrected chi connectivity index (χ3v) is 10.6. The van der Waals surface area contributed by atoms with Gasteiger partial charge < -0.3 is 66.8 Å². The van der Waals surface area contributed by atoms with Crippen LogP contribution in [0.1, 0.15) is 64.8 Å². The molecule has 2 aromatic carbocycles. The molecule has 0 radical (unpaired) electrons. The Hall–Kier alpha value is -6.33. The molecular weight excluding hydrogens is 905 g/mol. The Morgan fingerprint density at radius 2 is 1.45 bits per heavy atom. The lowest BCUT2D eigenvalue weighted by Crippen LogP contribution is -2.58. The molecule has 380 valence electrons. The van der Waals surface area contributed by atoms with Crippen molar-refractivity contribution >= 4 is 41.4 Å². The Labute approximate surface area is 400 Å². The number of hydrogen-bond acceptors (Lipinski definition) is 12. The maximum Gasteiger partial charge on any atom is 0.248 e. The molecule has 22 heteroatoms. The van der Waals surface area contributed by atoms with Gasteiger partial charge in [-0.1, -0.05) is 51.1 Å². The molecule has 0 aliphatic rings. The second-order valence-electron chi connectivity index (χ2n) is 17.2. The highest BCUT2D eigenvalue weighted by molar-refractivity contribution is 5.97. The Bertz CT molecular complexity index is 2190. The molecule has 20 nitrogen and oxygen atoms in total. The zero-order valence-electron chi connectivity index (χ0n) is 40.0. The summed E-state index contributed by atoms with van der Waals surface area (Å²) in [6.07, 6.45) is 0.627. The summed E-state index contributed by atoms with van der Waals surface area (Å²) in [5, 5.41) is 22.7. The van der Waals surface area contributed by atoms with Gasteiger partial charge in [0.15, 0.2) is 0 Å². The van der Waals surface area contributed by atoms with E-state index >= 15 is 4.39 Å². The number of halogens is 2. The minimum absolute atomic E-state index is 0.0175. The van der Waals surface area contributed by atoms with Crippen LogP contribution in [0.3, 0.4) is 0 Å². The number of benzene rings is 2. The van der Waals surface area contributed by atoms with Gasteiger partial charge in [0.2, 0.25) is 41.4 Å². The topological polar surface area (TPSA) is 288 Å². The second kappa shape index (κ2) is 28.2. The third kappa shape index (κ3) is 18.6. The lowest BCUT2D eigenvalue weighted by molar-refractivity contribution is -0.140. The van der Waals surface area contributed by atoms with E-state index in [1.165, 1.54) is 25.9 Å². The number of aliphatic hydroxyl groups is 1. The van der Waals surface area contributed by atoms with Crippen molar-refractivity contribution in [2.45, 2.75) is 84.2 Å². The van der Waals surface area contributed by atoms with Crippen LogP contribution in [-0.2, 0) is 54.3 Å². The molecule has 69 heavy (non-hydrogen) atoms. The SMILES string of the molecule is COCCOCCOCC(=O)N[C@@H](C)C(=O)N[C@H](C)C(=O)N[C@@H](CC(N)=O)C(=O)N[C@@H](CCN(C(=O)CO)[C@@H](c1cc(-c2cc(F)ccc2F)cn1Cc1ccccc1)C(C)(C)C)C(=O)NCCN. The van der Waals surface area contributed by atoms with Gasteiger partial charge in [-0.2, -0.15) is 0 Å². The van der Waals surface area contributed by atoms with Crippen molar-refractivity contribution < 1.29 is 61.7 Å². The minimum atomic E-state index is -1.66. The van der Waals surface area contributed by atoms with Crippen molar-refractivity contribution in [2.24, 2.45) is 16.9 Å². The molecule has 0 unspecified atom stereocenters. The van der Waals surface area contributed by atoms with E-state index in [1.807, 2.05) is 51.1 Å². The number of methoxy groups -OCH3 is 1. The van der Waals surface area contributed by atoms with Crippen molar-refractivity contribution in [2.75, 3.05) is 66.4 Å². The highest BCUT2D eigenvalue weighted by Gasteiger charge is 2.38. The number of nitrogens with zero attached hydrogens (tertiary/aromatic N) is 2. The Kier molecular flexibility index (Phi) is 23.3. The van der Waals surface area contributed by atoms with E-state index in [0.29, 0.717) is 24.5 Å². The number of rotatable bonds is 29. The van der Waals surface area contributed by atoms with Crippen LogP contribution in [0.25, 0.3) is 11.1 Å². The number of carbonyl (C=O) groups excluding carboxylic acids is 7. The number of aliphatic hydroxyl groups excluding tert-OH is 1. The number of aromatic nitrogens is 1. The highest BCUT2D eigenvalue weighted by Crippen LogP contribution is 2.41. The summed E-state index contributed by atoms with van der Waals surface area (Å²) < 4.78 is 46.9. The molecule has 1 heterocycles. The van der Waals surface area contributed by atoms with Gasteiger partial charge in [0.25, 0.3) is 0 Å².